The highest BCUT2D eigenvalue weighted by Gasteiger charge is 2.16. The number of benzene rings is 2. The Hall–Kier alpha value is -4.34. The van der Waals surface area contributed by atoms with E-state index in [4.69, 9.17) is 4.42 Å². The lowest BCUT2D eigenvalue weighted by molar-refractivity contribution is -0.384. The molecule has 0 bridgehead atoms. The van der Waals surface area contributed by atoms with Crippen LogP contribution in [-0.4, -0.2) is 25.4 Å². The van der Waals surface area contributed by atoms with Crippen molar-refractivity contribution >= 4 is 28.4 Å². The summed E-state index contributed by atoms with van der Waals surface area (Å²) in [5.74, 6) is -0.766. The van der Waals surface area contributed by atoms with Crippen LogP contribution in [-0.2, 0) is 11.3 Å². The molecule has 0 fully saturated rings. The highest BCUT2D eigenvalue weighted by Crippen LogP contribution is 2.20. The summed E-state index contributed by atoms with van der Waals surface area (Å²) >= 11 is 0. The van der Waals surface area contributed by atoms with Crippen molar-refractivity contribution in [3.05, 3.63) is 81.6 Å². The second kappa shape index (κ2) is 7.35. The van der Waals surface area contributed by atoms with Crippen molar-refractivity contribution in [2.45, 2.75) is 6.54 Å². The van der Waals surface area contributed by atoms with Crippen LogP contribution in [0.4, 0.5) is 11.4 Å². The van der Waals surface area contributed by atoms with E-state index in [1.54, 1.807) is 0 Å². The lowest BCUT2D eigenvalue weighted by Crippen LogP contribution is -2.24. The Labute approximate surface area is 162 Å². The Morgan fingerprint density at radius 2 is 1.86 bits per heavy atom. The first-order valence-corrected chi connectivity index (χ1v) is 8.46. The molecule has 0 aliphatic heterocycles. The molecule has 2 aromatic carbocycles. The summed E-state index contributed by atoms with van der Waals surface area (Å²) < 4.78 is 6.09. The number of hydrogen-bond donors (Lipinski definition) is 1. The number of carbonyl (C=O) groups is 1. The highest BCUT2D eigenvalue weighted by atomic mass is 16.6. The van der Waals surface area contributed by atoms with Crippen molar-refractivity contribution in [2.24, 2.45) is 0 Å². The minimum Gasteiger partial charge on any atom is -0.407 e. The molecule has 29 heavy (non-hydrogen) atoms. The molecule has 10 nitrogen and oxygen atoms in total. The van der Waals surface area contributed by atoms with E-state index in [1.165, 1.54) is 24.5 Å². The number of aromatic nitrogens is 3. The molecule has 144 valence electrons. The molecule has 1 amide bonds. The lowest BCUT2D eigenvalue weighted by atomic mass is 10.2. The summed E-state index contributed by atoms with van der Waals surface area (Å²) in [6.07, 6.45) is 2.93. The second-order valence-electron chi connectivity index (χ2n) is 6.07. The predicted molar refractivity (Wildman–Crippen MR) is 103 cm³/mol. The number of non-ortho nitro benzene ring substituents is 1. The number of hydrogen-bond acceptors (Lipinski definition) is 7. The Morgan fingerprint density at radius 3 is 2.55 bits per heavy atom. The predicted octanol–water partition coefficient (Wildman–Crippen LogP) is 2.60. The van der Waals surface area contributed by atoms with Gasteiger partial charge < -0.3 is 9.73 Å². The lowest BCUT2D eigenvalue weighted by Gasteiger charge is -2.06. The third-order valence-electron chi connectivity index (χ3n) is 4.13. The maximum absolute atomic E-state index is 12.3. The number of anilines is 1. The van der Waals surface area contributed by atoms with Crippen LogP contribution in [0.1, 0.15) is 0 Å². The van der Waals surface area contributed by atoms with Crippen LogP contribution in [0.5, 0.6) is 0 Å². The van der Waals surface area contributed by atoms with Gasteiger partial charge in [0.05, 0.1) is 34.6 Å². The smallest absolute Gasteiger partial charge is 0.407 e. The first-order chi connectivity index (χ1) is 14.0. The minimum atomic E-state index is -0.786. The van der Waals surface area contributed by atoms with Gasteiger partial charge in [-0.1, -0.05) is 30.3 Å². The zero-order valence-electron chi connectivity index (χ0n) is 14.8. The fourth-order valence-corrected chi connectivity index (χ4v) is 2.79. The van der Waals surface area contributed by atoms with Gasteiger partial charge in [-0.25, -0.2) is 14.8 Å². The van der Waals surface area contributed by atoms with Crippen LogP contribution in [0.3, 0.4) is 0 Å². The van der Waals surface area contributed by atoms with E-state index in [-0.39, 0.29) is 23.3 Å². The van der Waals surface area contributed by atoms with Gasteiger partial charge in [-0.2, -0.15) is 0 Å². The fourth-order valence-electron chi connectivity index (χ4n) is 2.79. The van der Waals surface area contributed by atoms with Gasteiger partial charge >= 0.3 is 5.76 Å². The van der Waals surface area contributed by atoms with Crippen molar-refractivity contribution in [3.63, 3.8) is 0 Å². The molecule has 0 unspecified atom stereocenters. The molecule has 2 heterocycles. The highest BCUT2D eigenvalue weighted by molar-refractivity contribution is 5.91. The standard InChI is InChI=1S/C19H13N5O5/c25-17(22-13-9-20-18(21-10-13)12-4-2-1-3-5-12)11-23-15-7-6-14(24(27)28)8-16(15)29-19(23)26/h1-10H,11H2,(H,22,25). The van der Waals surface area contributed by atoms with Gasteiger partial charge in [0.15, 0.2) is 11.4 Å². The van der Waals surface area contributed by atoms with Gasteiger partial charge in [0.25, 0.3) is 5.69 Å². The van der Waals surface area contributed by atoms with Crippen molar-refractivity contribution < 1.29 is 14.1 Å². The van der Waals surface area contributed by atoms with Crippen molar-refractivity contribution in [2.75, 3.05) is 5.32 Å². The summed E-state index contributed by atoms with van der Waals surface area (Å²) in [7, 11) is 0. The van der Waals surface area contributed by atoms with Gasteiger partial charge in [0, 0.05) is 11.6 Å². The monoisotopic (exact) mass is 391 g/mol. The average molecular weight is 391 g/mol. The molecule has 4 aromatic rings. The largest absolute Gasteiger partial charge is 0.420 e. The summed E-state index contributed by atoms with van der Waals surface area (Å²) in [6.45, 7) is -0.329. The quantitative estimate of drug-likeness (QED) is 0.408. The Kier molecular flexibility index (Phi) is 4.57. The van der Waals surface area contributed by atoms with Crippen molar-refractivity contribution in [3.8, 4) is 11.4 Å². The van der Waals surface area contributed by atoms with E-state index in [0.29, 0.717) is 11.5 Å². The first-order valence-electron chi connectivity index (χ1n) is 8.46. The van der Waals surface area contributed by atoms with Crippen LogP contribution in [0.25, 0.3) is 22.5 Å². The SMILES string of the molecule is O=C(Cn1c(=O)oc2cc([N+](=O)[O-])ccc21)Nc1cnc(-c2ccccc2)nc1. The molecule has 0 radical (unpaired) electrons. The van der Waals surface area contributed by atoms with E-state index in [1.807, 2.05) is 30.3 Å². The molecule has 0 spiro atoms. The normalized spacial score (nSPS) is 10.8. The number of nitro benzene ring substituents is 1. The molecular formula is C19H13N5O5. The number of amides is 1. The molecule has 4 rings (SSSR count). The summed E-state index contributed by atoms with van der Waals surface area (Å²) in [5, 5.41) is 13.4. The fraction of sp³-hybridized carbons (Fsp3) is 0.0526. The third-order valence-corrected chi connectivity index (χ3v) is 4.13. The molecule has 2 aromatic heterocycles. The van der Waals surface area contributed by atoms with E-state index < -0.39 is 16.6 Å². The minimum absolute atomic E-state index is 0.0348. The Balaban J connectivity index is 1.51. The maximum atomic E-state index is 12.3. The number of rotatable bonds is 5. The van der Waals surface area contributed by atoms with Crippen LogP contribution in [0.15, 0.2) is 70.1 Å². The average Bonchev–Trinajstić information content (AvgIpc) is 3.03. The molecule has 0 aliphatic rings. The molecule has 0 atom stereocenters. The van der Waals surface area contributed by atoms with E-state index in [9.17, 15) is 19.7 Å². The topological polar surface area (TPSA) is 133 Å². The number of carbonyl (C=O) groups excluding carboxylic acids is 1. The second-order valence-corrected chi connectivity index (χ2v) is 6.07. The zero-order chi connectivity index (χ0) is 20.4. The summed E-state index contributed by atoms with van der Waals surface area (Å²) in [6, 6.07) is 13.1. The Bertz CT molecular complexity index is 1260. The van der Waals surface area contributed by atoms with E-state index in [2.05, 4.69) is 15.3 Å². The number of oxazole rings is 1. The van der Waals surface area contributed by atoms with Crippen molar-refractivity contribution in [1.29, 1.82) is 0 Å². The van der Waals surface area contributed by atoms with Crippen LogP contribution in [0, 0.1) is 10.1 Å². The third kappa shape index (κ3) is 3.72. The molecule has 0 aliphatic carbocycles. The van der Waals surface area contributed by atoms with Crippen LogP contribution in [0.2, 0.25) is 0 Å². The van der Waals surface area contributed by atoms with Crippen LogP contribution < -0.4 is 11.1 Å². The molecule has 0 saturated heterocycles. The van der Waals surface area contributed by atoms with Gasteiger partial charge in [0.2, 0.25) is 5.91 Å². The van der Waals surface area contributed by atoms with Crippen molar-refractivity contribution in [1.82, 2.24) is 14.5 Å². The van der Waals surface area contributed by atoms with Gasteiger partial charge in [-0.3, -0.25) is 19.5 Å². The molecule has 10 heteroatoms. The summed E-state index contributed by atoms with van der Waals surface area (Å²) in [4.78, 5) is 43.0. The number of nitro groups is 1. The molecule has 0 saturated carbocycles. The van der Waals surface area contributed by atoms with E-state index >= 15 is 0 Å². The number of nitrogens with one attached hydrogen (secondary N) is 1. The first kappa shape index (κ1) is 18.0. The van der Waals surface area contributed by atoms with Gasteiger partial charge in [-0.15, -0.1) is 0 Å². The number of fused-ring (bicyclic) bond motifs is 1. The Morgan fingerprint density at radius 1 is 1.14 bits per heavy atom. The number of nitrogens with zero attached hydrogens (tertiary/aromatic N) is 4. The molecule has 1 N–H and O–H groups in total. The van der Waals surface area contributed by atoms with Crippen LogP contribution >= 0.6 is 0 Å². The van der Waals surface area contributed by atoms with E-state index in [0.717, 1.165) is 16.2 Å². The summed E-state index contributed by atoms with van der Waals surface area (Å²) in [5.41, 5.74) is 1.32. The molecular weight excluding hydrogens is 378 g/mol. The van der Waals surface area contributed by atoms with Gasteiger partial charge in [0.1, 0.15) is 6.54 Å². The van der Waals surface area contributed by atoms with Gasteiger partial charge in [-0.05, 0) is 6.07 Å². The zero-order valence-corrected chi connectivity index (χ0v) is 14.8. The maximum Gasteiger partial charge on any atom is 0.420 e.